The number of nitrogens with one attached hydrogen (secondary N) is 1. The van der Waals surface area contributed by atoms with E-state index in [4.69, 9.17) is 0 Å². The van der Waals surface area contributed by atoms with E-state index in [2.05, 4.69) is 5.32 Å². The molecule has 5 heteroatoms. The summed E-state index contributed by atoms with van der Waals surface area (Å²) in [6.07, 6.45) is -0.0637. The molecule has 2 fully saturated rings. The van der Waals surface area contributed by atoms with Gasteiger partial charge in [0, 0.05) is 6.04 Å². The molecule has 0 spiro atoms. The second-order valence-electron chi connectivity index (χ2n) is 5.54. The number of alkyl halides is 3. The fraction of sp³-hybridized carbons (Fsp3) is 0.571. The Morgan fingerprint density at radius 2 is 1.63 bits per heavy atom. The van der Waals surface area contributed by atoms with Crippen molar-refractivity contribution >= 4 is 5.69 Å². The molecule has 19 heavy (non-hydrogen) atoms. The minimum Gasteiger partial charge on any atom is -0.379 e. The minimum absolute atomic E-state index is 0.0152. The van der Waals surface area contributed by atoms with Crippen molar-refractivity contribution in [2.45, 2.75) is 37.9 Å². The first-order chi connectivity index (χ1) is 8.95. The van der Waals surface area contributed by atoms with Gasteiger partial charge in [0.25, 0.3) is 0 Å². The molecule has 2 aliphatic carbocycles. The predicted molar refractivity (Wildman–Crippen MR) is 64.3 cm³/mol. The lowest BCUT2D eigenvalue weighted by Gasteiger charge is -2.20. The highest BCUT2D eigenvalue weighted by molar-refractivity contribution is 5.49. The molecular weight excluding hydrogens is 258 g/mol. The molecule has 0 heterocycles. The highest BCUT2D eigenvalue weighted by Crippen LogP contribution is 2.46. The number of halogens is 4. The Hall–Kier alpha value is -1.26. The number of hydrogen-bond donors (Lipinski definition) is 1. The number of benzene rings is 1. The van der Waals surface area contributed by atoms with Crippen molar-refractivity contribution in [3.8, 4) is 0 Å². The average molecular weight is 273 g/mol. The second kappa shape index (κ2) is 4.39. The summed E-state index contributed by atoms with van der Waals surface area (Å²) in [5, 5.41) is 3.01. The van der Waals surface area contributed by atoms with Crippen molar-refractivity contribution in [1.82, 2.24) is 0 Å². The van der Waals surface area contributed by atoms with Crippen molar-refractivity contribution in [3.63, 3.8) is 0 Å². The van der Waals surface area contributed by atoms with Crippen molar-refractivity contribution in [1.29, 1.82) is 0 Å². The van der Waals surface area contributed by atoms with Crippen LogP contribution in [0.5, 0.6) is 0 Å². The van der Waals surface area contributed by atoms with Crippen molar-refractivity contribution < 1.29 is 17.6 Å². The molecule has 0 bridgehead atoms. The Morgan fingerprint density at radius 1 is 1.05 bits per heavy atom. The third-order valence-corrected chi connectivity index (χ3v) is 3.88. The van der Waals surface area contributed by atoms with Gasteiger partial charge in [-0.1, -0.05) is 0 Å². The van der Waals surface area contributed by atoms with E-state index in [0.29, 0.717) is 11.8 Å². The zero-order valence-electron chi connectivity index (χ0n) is 10.3. The lowest BCUT2D eigenvalue weighted by atomic mass is 10.1. The Kier molecular flexibility index (Phi) is 2.95. The van der Waals surface area contributed by atoms with E-state index in [1.54, 1.807) is 0 Å². The number of anilines is 1. The molecule has 0 atom stereocenters. The summed E-state index contributed by atoms with van der Waals surface area (Å²) in [4.78, 5) is 0. The first-order valence-corrected chi connectivity index (χ1v) is 6.58. The molecule has 1 nitrogen and oxygen atoms in total. The predicted octanol–water partition coefficient (Wildman–Crippen LogP) is 4.45. The van der Waals surface area contributed by atoms with Gasteiger partial charge in [0.05, 0.1) is 11.3 Å². The Bertz CT molecular complexity index is 463. The summed E-state index contributed by atoms with van der Waals surface area (Å²) in [6, 6.07) is 2.69. The van der Waals surface area contributed by atoms with Crippen LogP contribution in [0.2, 0.25) is 0 Å². The maximum atomic E-state index is 13.7. The number of hydrogen-bond acceptors (Lipinski definition) is 1. The molecule has 0 radical (unpaired) electrons. The van der Waals surface area contributed by atoms with Crippen molar-refractivity contribution in [2.75, 3.05) is 5.32 Å². The summed E-state index contributed by atoms with van der Waals surface area (Å²) in [5.74, 6) is 0.391. The molecule has 2 aliphatic rings. The Morgan fingerprint density at radius 3 is 2.11 bits per heavy atom. The van der Waals surface area contributed by atoms with Gasteiger partial charge in [0.15, 0.2) is 0 Å². The van der Waals surface area contributed by atoms with Crippen LogP contribution in [0.15, 0.2) is 18.2 Å². The van der Waals surface area contributed by atoms with Crippen LogP contribution >= 0.6 is 0 Å². The summed E-state index contributed by atoms with van der Waals surface area (Å²) >= 11 is 0. The topological polar surface area (TPSA) is 12.0 Å². The smallest absolute Gasteiger partial charge is 0.379 e. The summed E-state index contributed by atoms with van der Waals surface area (Å²) < 4.78 is 51.5. The fourth-order valence-corrected chi connectivity index (χ4v) is 2.52. The summed E-state index contributed by atoms with van der Waals surface area (Å²) in [7, 11) is 0. The lowest BCUT2D eigenvalue weighted by Crippen LogP contribution is -2.25. The van der Waals surface area contributed by atoms with Crippen LogP contribution in [-0.2, 0) is 6.18 Å². The Balaban J connectivity index is 1.82. The maximum absolute atomic E-state index is 13.7. The van der Waals surface area contributed by atoms with Gasteiger partial charge in [-0.3, -0.25) is 0 Å². The third kappa shape index (κ3) is 2.85. The van der Waals surface area contributed by atoms with Crippen LogP contribution in [0.1, 0.15) is 31.2 Å². The zero-order valence-corrected chi connectivity index (χ0v) is 10.3. The number of rotatable bonds is 4. The van der Waals surface area contributed by atoms with E-state index in [1.165, 1.54) is 0 Å². The molecular formula is C14H15F4N. The van der Waals surface area contributed by atoms with E-state index in [-0.39, 0.29) is 11.7 Å². The first-order valence-electron chi connectivity index (χ1n) is 6.58. The average Bonchev–Trinajstić information content (AvgIpc) is 3.19. The third-order valence-electron chi connectivity index (χ3n) is 3.88. The van der Waals surface area contributed by atoms with Crippen LogP contribution in [-0.4, -0.2) is 6.04 Å². The lowest BCUT2D eigenvalue weighted by molar-refractivity contribution is -0.137. The van der Waals surface area contributed by atoms with Gasteiger partial charge in [0.1, 0.15) is 5.82 Å². The van der Waals surface area contributed by atoms with Gasteiger partial charge in [-0.25, -0.2) is 4.39 Å². The molecule has 0 aliphatic heterocycles. The van der Waals surface area contributed by atoms with Gasteiger partial charge < -0.3 is 5.32 Å². The van der Waals surface area contributed by atoms with E-state index < -0.39 is 17.6 Å². The van der Waals surface area contributed by atoms with Crippen LogP contribution < -0.4 is 5.32 Å². The van der Waals surface area contributed by atoms with Gasteiger partial charge in [-0.05, 0) is 55.7 Å². The van der Waals surface area contributed by atoms with E-state index in [0.717, 1.165) is 43.9 Å². The normalized spacial score (nSPS) is 19.8. The molecule has 1 aromatic rings. The van der Waals surface area contributed by atoms with E-state index in [9.17, 15) is 17.6 Å². The van der Waals surface area contributed by atoms with Crippen LogP contribution in [0.4, 0.5) is 23.2 Å². The van der Waals surface area contributed by atoms with Crippen LogP contribution in [0.3, 0.4) is 0 Å². The fourth-order valence-electron chi connectivity index (χ4n) is 2.52. The SMILES string of the molecule is Fc1ccc(C(F)(F)F)cc1NC(C1CC1)C1CC1. The molecule has 104 valence electrons. The molecule has 2 saturated carbocycles. The van der Waals surface area contributed by atoms with Gasteiger partial charge in [0.2, 0.25) is 0 Å². The van der Waals surface area contributed by atoms with Gasteiger partial charge >= 0.3 is 6.18 Å². The molecule has 1 N–H and O–H groups in total. The first kappa shape index (κ1) is 12.8. The van der Waals surface area contributed by atoms with Crippen molar-refractivity contribution in [3.05, 3.63) is 29.6 Å². The second-order valence-corrected chi connectivity index (χ2v) is 5.54. The standard InChI is InChI=1S/C14H15F4N/c15-11-6-5-10(14(16,17)18)7-12(11)19-13(8-1-2-8)9-3-4-9/h5-9,13,19H,1-4H2. The monoisotopic (exact) mass is 273 g/mol. The summed E-state index contributed by atoms with van der Waals surface area (Å²) in [5.41, 5.74) is -0.819. The quantitative estimate of drug-likeness (QED) is 0.799. The molecule has 0 saturated heterocycles. The maximum Gasteiger partial charge on any atom is 0.416 e. The molecule has 0 amide bonds. The highest BCUT2D eigenvalue weighted by Gasteiger charge is 2.42. The molecule has 0 unspecified atom stereocenters. The molecule has 0 aromatic heterocycles. The summed E-state index contributed by atoms with van der Waals surface area (Å²) in [6.45, 7) is 0. The van der Waals surface area contributed by atoms with E-state index >= 15 is 0 Å². The van der Waals surface area contributed by atoms with Gasteiger partial charge in [-0.2, -0.15) is 13.2 Å². The van der Waals surface area contributed by atoms with Crippen LogP contribution in [0, 0.1) is 17.7 Å². The van der Waals surface area contributed by atoms with Gasteiger partial charge in [-0.15, -0.1) is 0 Å². The van der Waals surface area contributed by atoms with Crippen LogP contribution in [0.25, 0.3) is 0 Å². The zero-order chi connectivity index (χ0) is 13.6. The Labute approximate surface area is 109 Å². The molecule has 1 aromatic carbocycles. The van der Waals surface area contributed by atoms with Crippen molar-refractivity contribution in [2.24, 2.45) is 11.8 Å². The highest BCUT2D eigenvalue weighted by atomic mass is 19.4. The van der Waals surface area contributed by atoms with E-state index in [1.807, 2.05) is 0 Å². The molecule has 3 rings (SSSR count). The minimum atomic E-state index is -4.43. The largest absolute Gasteiger partial charge is 0.416 e.